The summed E-state index contributed by atoms with van der Waals surface area (Å²) in [6, 6.07) is 16.1. The molecule has 1 unspecified atom stereocenters. The lowest BCUT2D eigenvalue weighted by Gasteiger charge is -2.30. The van der Waals surface area contributed by atoms with E-state index in [1.165, 1.54) is 5.56 Å². The van der Waals surface area contributed by atoms with E-state index in [4.69, 9.17) is 14.6 Å². The van der Waals surface area contributed by atoms with Crippen LogP contribution in [0.3, 0.4) is 0 Å². The van der Waals surface area contributed by atoms with E-state index < -0.39 is 6.35 Å². The number of nitrogens with one attached hydrogen (secondary N) is 2. The number of amides is 1. The Morgan fingerprint density at radius 3 is 2.24 bits per heavy atom. The van der Waals surface area contributed by atoms with E-state index in [1.54, 1.807) is 19.0 Å². The number of aliphatic hydroxyl groups excluding tert-OH is 1. The van der Waals surface area contributed by atoms with Gasteiger partial charge in [-0.1, -0.05) is 47.5 Å². The Kier molecular flexibility index (Phi) is 9.75. The van der Waals surface area contributed by atoms with Crippen LogP contribution >= 0.6 is 0 Å². The molecule has 0 aliphatic carbocycles. The topological polar surface area (TPSA) is 94.1 Å². The molecule has 8 heteroatoms. The number of likely N-dealkylation sites (N-methyl/N-ethyl adjacent to an activating group) is 1. The van der Waals surface area contributed by atoms with Crippen molar-refractivity contribution < 1.29 is 19.4 Å². The zero-order chi connectivity index (χ0) is 24.4. The van der Waals surface area contributed by atoms with Crippen LogP contribution in [0.25, 0.3) is 0 Å². The van der Waals surface area contributed by atoms with Crippen molar-refractivity contribution in [2.75, 3.05) is 27.2 Å². The average molecular weight is 455 g/mol. The Hall–Kier alpha value is -3.52. The first-order valence-electron chi connectivity index (χ1n) is 10.8. The Morgan fingerprint density at radius 1 is 1.12 bits per heavy atom. The van der Waals surface area contributed by atoms with Crippen LogP contribution in [0.2, 0.25) is 0 Å². The molecular weight excluding hydrogens is 420 g/mol. The van der Waals surface area contributed by atoms with Crippen LogP contribution < -0.4 is 15.4 Å². The van der Waals surface area contributed by atoms with E-state index in [2.05, 4.69) is 41.8 Å². The van der Waals surface area contributed by atoms with Gasteiger partial charge in [0, 0.05) is 33.8 Å². The van der Waals surface area contributed by atoms with Crippen molar-refractivity contribution in [1.82, 2.24) is 20.4 Å². The van der Waals surface area contributed by atoms with Gasteiger partial charge >= 0.3 is 0 Å². The van der Waals surface area contributed by atoms with Crippen LogP contribution in [0, 0.1) is 13.8 Å². The molecule has 3 rings (SSSR count). The van der Waals surface area contributed by atoms with Crippen LogP contribution in [0.15, 0.2) is 60.0 Å². The van der Waals surface area contributed by atoms with Crippen LogP contribution in [0.4, 0.5) is 0 Å². The summed E-state index contributed by atoms with van der Waals surface area (Å²) in [4.78, 5) is 24.9. The van der Waals surface area contributed by atoms with Gasteiger partial charge in [-0.2, -0.15) is 0 Å². The molecule has 33 heavy (non-hydrogen) atoms. The molecule has 1 atom stereocenters. The summed E-state index contributed by atoms with van der Waals surface area (Å²) in [7, 11) is 3.53. The van der Waals surface area contributed by atoms with Crippen molar-refractivity contribution >= 4 is 12.7 Å². The predicted molar refractivity (Wildman–Crippen MR) is 128 cm³/mol. The summed E-state index contributed by atoms with van der Waals surface area (Å²) in [5.41, 5.74) is 3.92. The number of hydrogen-bond acceptors (Lipinski definition) is 7. The first-order valence-corrected chi connectivity index (χ1v) is 10.8. The fraction of sp³-hybridized carbons (Fsp3) is 0.360. The summed E-state index contributed by atoms with van der Waals surface area (Å²) in [6.07, 6.45) is -0.0179. The van der Waals surface area contributed by atoms with E-state index in [1.807, 2.05) is 42.9 Å². The van der Waals surface area contributed by atoms with Crippen molar-refractivity contribution in [2.45, 2.75) is 33.2 Å². The van der Waals surface area contributed by atoms with Crippen LogP contribution in [-0.4, -0.2) is 61.2 Å². The maximum absolute atomic E-state index is 13.3. The monoisotopic (exact) mass is 454 g/mol. The Morgan fingerprint density at radius 2 is 1.70 bits per heavy atom. The van der Waals surface area contributed by atoms with Gasteiger partial charge in [0.05, 0.1) is 0 Å². The van der Waals surface area contributed by atoms with E-state index in [-0.39, 0.29) is 12.5 Å². The van der Waals surface area contributed by atoms with Crippen LogP contribution in [-0.2, 0) is 16.1 Å². The molecule has 0 saturated heterocycles. The van der Waals surface area contributed by atoms with Gasteiger partial charge in [-0.3, -0.25) is 4.79 Å². The maximum atomic E-state index is 13.3. The van der Waals surface area contributed by atoms with Crippen molar-refractivity contribution in [3.63, 3.8) is 0 Å². The number of hydrogen-bond donors (Lipinski definition) is 3. The molecule has 3 N–H and O–H groups in total. The highest BCUT2D eigenvalue weighted by molar-refractivity contribution is 5.93. The zero-order valence-electron chi connectivity index (χ0n) is 19.8. The number of rotatable bonds is 9. The zero-order valence-corrected chi connectivity index (χ0v) is 19.8. The SMILES string of the molecule is C=O.CNC1=C(C(=O)N(C)CCCO)N(Cc2ccc(C)cc2)C(Oc2ccc(C)cc2)N1. The quantitative estimate of drug-likeness (QED) is 0.534. The standard InChI is InChI=1S/C24H32N4O3.CH2O/c1-17-6-10-19(11-7-17)16-28-21(23(30)27(4)14-5-15-29)22(25-3)26-24(28)31-20-12-8-18(2)9-13-20;1-2/h6-13,24-26,29H,5,14-16H2,1-4H3;1H2. The molecule has 1 aliphatic rings. The second kappa shape index (κ2) is 12.5. The van der Waals surface area contributed by atoms with E-state index >= 15 is 0 Å². The minimum absolute atomic E-state index is 0.0417. The maximum Gasteiger partial charge on any atom is 0.273 e. The molecular formula is C25H34N4O4. The third-order valence-corrected chi connectivity index (χ3v) is 5.27. The number of benzene rings is 2. The predicted octanol–water partition coefficient (Wildman–Crippen LogP) is 2.12. The van der Waals surface area contributed by atoms with Gasteiger partial charge < -0.3 is 35.1 Å². The average Bonchev–Trinajstić information content (AvgIpc) is 3.17. The highest BCUT2D eigenvalue weighted by Crippen LogP contribution is 2.26. The smallest absolute Gasteiger partial charge is 0.273 e. The van der Waals surface area contributed by atoms with E-state index in [9.17, 15) is 4.79 Å². The van der Waals surface area contributed by atoms with Crippen molar-refractivity contribution in [1.29, 1.82) is 0 Å². The highest BCUT2D eigenvalue weighted by Gasteiger charge is 2.37. The van der Waals surface area contributed by atoms with Crippen molar-refractivity contribution in [2.24, 2.45) is 0 Å². The Labute approximate surface area is 195 Å². The minimum atomic E-state index is -0.545. The van der Waals surface area contributed by atoms with Gasteiger partial charge in [0.25, 0.3) is 12.3 Å². The molecule has 8 nitrogen and oxygen atoms in total. The molecule has 2 aromatic carbocycles. The first kappa shape index (κ1) is 25.7. The summed E-state index contributed by atoms with van der Waals surface area (Å²) < 4.78 is 6.23. The van der Waals surface area contributed by atoms with Gasteiger partial charge in [-0.15, -0.1) is 0 Å². The third kappa shape index (κ3) is 6.73. The van der Waals surface area contributed by atoms with Gasteiger partial charge in [-0.05, 0) is 38.0 Å². The number of aryl methyl sites for hydroxylation is 2. The highest BCUT2D eigenvalue weighted by atomic mass is 16.5. The second-order valence-corrected chi connectivity index (χ2v) is 7.82. The minimum Gasteiger partial charge on any atom is -0.452 e. The summed E-state index contributed by atoms with van der Waals surface area (Å²) in [5.74, 6) is 1.20. The largest absolute Gasteiger partial charge is 0.452 e. The summed E-state index contributed by atoms with van der Waals surface area (Å²) in [5, 5.41) is 15.6. The fourth-order valence-corrected chi connectivity index (χ4v) is 3.43. The Bertz CT molecular complexity index is 928. The molecule has 1 amide bonds. The van der Waals surface area contributed by atoms with Crippen LogP contribution in [0.1, 0.15) is 23.1 Å². The molecule has 0 fully saturated rings. The molecule has 0 radical (unpaired) electrons. The number of carbonyl (C=O) groups is 2. The number of ether oxygens (including phenoxy) is 1. The molecule has 1 aliphatic heterocycles. The molecule has 0 aromatic heterocycles. The lowest BCUT2D eigenvalue weighted by Crippen LogP contribution is -2.44. The fourth-order valence-electron chi connectivity index (χ4n) is 3.43. The first-order chi connectivity index (χ1) is 15.9. The lowest BCUT2D eigenvalue weighted by molar-refractivity contribution is -0.128. The molecule has 0 saturated carbocycles. The van der Waals surface area contributed by atoms with Gasteiger partial charge in [0.1, 0.15) is 24.1 Å². The molecule has 0 spiro atoms. The normalized spacial score (nSPS) is 14.8. The number of nitrogens with zero attached hydrogens (tertiary/aromatic N) is 2. The lowest BCUT2D eigenvalue weighted by atomic mass is 10.1. The van der Waals surface area contributed by atoms with Gasteiger partial charge in [0.15, 0.2) is 0 Å². The molecule has 178 valence electrons. The second-order valence-electron chi connectivity index (χ2n) is 7.82. The van der Waals surface area contributed by atoms with E-state index in [0.717, 1.165) is 16.9 Å². The Balaban J connectivity index is 0.00000187. The third-order valence-electron chi connectivity index (χ3n) is 5.27. The number of carbonyl (C=O) groups excluding carboxylic acids is 2. The number of aliphatic hydroxyl groups is 1. The molecule has 0 bridgehead atoms. The van der Waals surface area contributed by atoms with Crippen molar-refractivity contribution in [3.8, 4) is 5.75 Å². The molecule has 1 heterocycles. The van der Waals surface area contributed by atoms with Crippen LogP contribution in [0.5, 0.6) is 5.75 Å². The molecule has 2 aromatic rings. The van der Waals surface area contributed by atoms with E-state index in [0.29, 0.717) is 31.0 Å². The summed E-state index contributed by atoms with van der Waals surface area (Å²) in [6.45, 7) is 7.09. The van der Waals surface area contributed by atoms with Gasteiger partial charge in [-0.25, -0.2) is 0 Å². The van der Waals surface area contributed by atoms with Gasteiger partial charge in [0.2, 0.25) is 0 Å². The summed E-state index contributed by atoms with van der Waals surface area (Å²) >= 11 is 0. The van der Waals surface area contributed by atoms with Crippen molar-refractivity contribution in [3.05, 3.63) is 76.7 Å².